The van der Waals surface area contributed by atoms with Crippen molar-refractivity contribution in [1.29, 1.82) is 0 Å². The summed E-state index contributed by atoms with van der Waals surface area (Å²) in [5.41, 5.74) is 10.7. The zero-order valence-electron chi connectivity index (χ0n) is 11.4. The molecule has 2 N–H and O–H groups in total. The van der Waals surface area contributed by atoms with Crippen LogP contribution in [0.2, 0.25) is 0 Å². The number of aromatic nitrogens is 3. The van der Waals surface area contributed by atoms with E-state index in [2.05, 4.69) is 41.0 Å². The molecule has 0 spiro atoms. The molecule has 1 aliphatic heterocycles. The monoisotopic (exact) mass is 257 g/mol. The van der Waals surface area contributed by atoms with Crippen LogP contribution < -0.4 is 10.6 Å². The van der Waals surface area contributed by atoms with Crippen LogP contribution in [0.1, 0.15) is 23.9 Å². The van der Waals surface area contributed by atoms with Crippen molar-refractivity contribution in [2.24, 2.45) is 0 Å². The number of hydrogen-bond donors (Lipinski definition) is 1. The molecule has 0 fully saturated rings. The largest absolute Gasteiger partial charge is 0.398 e. The van der Waals surface area contributed by atoms with Gasteiger partial charge in [0.1, 0.15) is 12.2 Å². The lowest BCUT2D eigenvalue weighted by Crippen LogP contribution is -2.22. The highest BCUT2D eigenvalue weighted by molar-refractivity contribution is 5.67. The maximum atomic E-state index is 6.02. The first-order chi connectivity index (χ1) is 9.19. The molecule has 1 aliphatic rings. The molecule has 19 heavy (non-hydrogen) atoms. The SMILES string of the molecule is CCn1ncnc1CN1CCc2cc(C)c(N)cc21. The lowest BCUT2D eigenvalue weighted by atomic mass is 10.1. The lowest BCUT2D eigenvalue weighted by Gasteiger charge is -2.19. The minimum atomic E-state index is 0.795. The number of hydrogen-bond acceptors (Lipinski definition) is 4. The van der Waals surface area contributed by atoms with Crippen LogP contribution in [0.5, 0.6) is 0 Å². The molecule has 5 nitrogen and oxygen atoms in total. The van der Waals surface area contributed by atoms with E-state index in [0.29, 0.717) is 0 Å². The van der Waals surface area contributed by atoms with Crippen LogP contribution in [0, 0.1) is 6.92 Å². The summed E-state index contributed by atoms with van der Waals surface area (Å²) >= 11 is 0. The average molecular weight is 257 g/mol. The van der Waals surface area contributed by atoms with Gasteiger partial charge >= 0.3 is 0 Å². The molecule has 0 radical (unpaired) electrons. The quantitative estimate of drug-likeness (QED) is 0.851. The van der Waals surface area contributed by atoms with Gasteiger partial charge in [0, 0.05) is 24.5 Å². The second-order valence-electron chi connectivity index (χ2n) is 5.00. The maximum absolute atomic E-state index is 6.02. The Morgan fingerprint density at radius 2 is 2.21 bits per heavy atom. The van der Waals surface area contributed by atoms with E-state index in [0.717, 1.165) is 43.1 Å². The highest BCUT2D eigenvalue weighted by Gasteiger charge is 2.21. The first-order valence-electron chi connectivity index (χ1n) is 6.69. The molecule has 0 amide bonds. The van der Waals surface area contributed by atoms with Crippen molar-refractivity contribution < 1.29 is 0 Å². The molecule has 0 unspecified atom stereocenters. The Morgan fingerprint density at radius 1 is 1.37 bits per heavy atom. The number of nitrogens with two attached hydrogens (primary N) is 1. The van der Waals surface area contributed by atoms with Crippen LogP contribution >= 0.6 is 0 Å². The van der Waals surface area contributed by atoms with Crippen LogP contribution in [0.25, 0.3) is 0 Å². The lowest BCUT2D eigenvalue weighted by molar-refractivity contribution is 0.605. The molecular formula is C14H19N5. The van der Waals surface area contributed by atoms with Gasteiger partial charge in [-0.2, -0.15) is 5.10 Å². The number of nitrogens with zero attached hydrogens (tertiary/aromatic N) is 4. The highest BCUT2D eigenvalue weighted by atomic mass is 15.3. The van der Waals surface area contributed by atoms with Gasteiger partial charge in [-0.3, -0.25) is 0 Å². The molecular weight excluding hydrogens is 238 g/mol. The molecule has 0 saturated carbocycles. The molecule has 5 heteroatoms. The molecule has 0 aliphatic carbocycles. The predicted octanol–water partition coefficient (Wildman–Crippen LogP) is 1.75. The Hall–Kier alpha value is -2.04. The Balaban J connectivity index is 1.88. The van der Waals surface area contributed by atoms with Gasteiger partial charge in [-0.15, -0.1) is 0 Å². The third kappa shape index (κ3) is 2.05. The van der Waals surface area contributed by atoms with Crippen molar-refractivity contribution in [3.63, 3.8) is 0 Å². The van der Waals surface area contributed by atoms with Crippen molar-refractivity contribution >= 4 is 11.4 Å². The van der Waals surface area contributed by atoms with E-state index in [4.69, 9.17) is 5.73 Å². The normalized spacial score (nSPS) is 13.9. The number of fused-ring (bicyclic) bond motifs is 1. The Morgan fingerprint density at radius 3 is 3.00 bits per heavy atom. The van der Waals surface area contributed by atoms with Gasteiger partial charge in [0.25, 0.3) is 0 Å². The molecule has 3 rings (SSSR count). The average Bonchev–Trinajstić information content (AvgIpc) is 2.99. The zero-order chi connectivity index (χ0) is 13.4. The second-order valence-corrected chi connectivity index (χ2v) is 5.00. The van der Waals surface area contributed by atoms with Gasteiger partial charge in [-0.1, -0.05) is 6.07 Å². The van der Waals surface area contributed by atoms with Crippen molar-refractivity contribution in [2.45, 2.75) is 33.4 Å². The smallest absolute Gasteiger partial charge is 0.146 e. The van der Waals surface area contributed by atoms with Crippen LogP contribution in [0.4, 0.5) is 11.4 Å². The molecule has 1 aromatic carbocycles. The molecule has 1 aromatic heterocycles. The van der Waals surface area contributed by atoms with Crippen molar-refractivity contribution in [2.75, 3.05) is 17.2 Å². The van der Waals surface area contributed by atoms with E-state index in [-0.39, 0.29) is 0 Å². The summed E-state index contributed by atoms with van der Waals surface area (Å²) < 4.78 is 1.94. The van der Waals surface area contributed by atoms with E-state index < -0.39 is 0 Å². The Labute approximate surface area is 113 Å². The minimum Gasteiger partial charge on any atom is -0.398 e. The summed E-state index contributed by atoms with van der Waals surface area (Å²) in [7, 11) is 0. The van der Waals surface area contributed by atoms with Gasteiger partial charge in [-0.05, 0) is 37.5 Å². The zero-order valence-corrected chi connectivity index (χ0v) is 11.4. The fourth-order valence-corrected chi connectivity index (χ4v) is 2.65. The second kappa shape index (κ2) is 4.57. The number of rotatable bonds is 3. The summed E-state index contributed by atoms with van der Waals surface area (Å²) in [6.07, 6.45) is 2.70. The van der Waals surface area contributed by atoms with Crippen molar-refractivity contribution in [1.82, 2.24) is 14.8 Å². The minimum absolute atomic E-state index is 0.795. The van der Waals surface area contributed by atoms with Gasteiger partial charge in [0.2, 0.25) is 0 Å². The van der Waals surface area contributed by atoms with Crippen molar-refractivity contribution in [3.05, 3.63) is 35.4 Å². The molecule has 2 aromatic rings. The van der Waals surface area contributed by atoms with E-state index in [1.165, 1.54) is 11.3 Å². The van der Waals surface area contributed by atoms with E-state index in [1.807, 2.05) is 4.68 Å². The Bertz CT molecular complexity index is 602. The third-order valence-corrected chi connectivity index (χ3v) is 3.79. The summed E-state index contributed by atoms with van der Waals surface area (Å²) in [5, 5.41) is 4.22. The summed E-state index contributed by atoms with van der Waals surface area (Å²) in [4.78, 5) is 6.68. The van der Waals surface area contributed by atoms with E-state index in [1.54, 1.807) is 6.33 Å². The van der Waals surface area contributed by atoms with Crippen LogP contribution in [-0.2, 0) is 19.5 Å². The first kappa shape index (κ1) is 12.0. The van der Waals surface area contributed by atoms with Gasteiger partial charge in [0.15, 0.2) is 0 Å². The molecule has 100 valence electrons. The summed E-state index contributed by atoms with van der Waals surface area (Å²) in [6, 6.07) is 4.29. The van der Waals surface area contributed by atoms with E-state index in [9.17, 15) is 0 Å². The standard InChI is InChI=1S/C14H19N5/c1-3-19-14(16-9-17-19)8-18-5-4-11-6-10(2)12(15)7-13(11)18/h6-7,9H,3-5,8,15H2,1-2H3. The predicted molar refractivity (Wildman–Crippen MR) is 76.0 cm³/mol. The molecule has 0 bridgehead atoms. The molecule has 0 saturated heterocycles. The topological polar surface area (TPSA) is 60.0 Å². The maximum Gasteiger partial charge on any atom is 0.146 e. The number of aryl methyl sites for hydroxylation is 2. The fraction of sp³-hybridized carbons (Fsp3) is 0.429. The van der Waals surface area contributed by atoms with E-state index >= 15 is 0 Å². The molecule has 0 atom stereocenters. The number of anilines is 2. The summed E-state index contributed by atoms with van der Waals surface area (Å²) in [5.74, 6) is 1.01. The van der Waals surface area contributed by atoms with Gasteiger partial charge < -0.3 is 10.6 Å². The molecule has 2 heterocycles. The fourth-order valence-electron chi connectivity index (χ4n) is 2.65. The van der Waals surface area contributed by atoms with Crippen molar-refractivity contribution in [3.8, 4) is 0 Å². The van der Waals surface area contributed by atoms with Crippen LogP contribution in [0.15, 0.2) is 18.5 Å². The van der Waals surface area contributed by atoms with Crippen LogP contribution in [0.3, 0.4) is 0 Å². The highest BCUT2D eigenvalue weighted by Crippen LogP contribution is 2.32. The first-order valence-corrected chi connectivity index (χ1v) is 6.69. The van der Waals surface area contributed by atoms with Crippen LogP contribution in [-0.4, -0.2) is 21.3 Å². The Kier molecular flexibility index (Phi) is 2.89. The third-order valence-electron chi connectivity index (χ3n) is 3.79. The number of nitrogen functional groups attached to an aromatic ring is 1. The van der Waals surface area contributed by atoms with Gasteiger partial charge in [-0.25, -0.2) is 9.67 Å². The number of benzene rings is 1. The van der Waals surface area contributed by atoms with Gasteiger partial charge in [0.05, 0.1) is 6.54 Å². The summed E-state index contributed by atoms with van der Waals surface area (Å²) in [6.45, 7) is 6.81.